The Kier molecular flexibility index (Phi) is 2.98. The fourth-order valence-corrected chi connectivity index (χ4v) is 3.44. The molecule has 1 aromatic carbocycles. The van der Waals surface area contributed by atoms with Crippen molar-refractivity contribution in [2.45, 2.75) is 37.7 Å². The Balaban J connectivity index is 1.99. The SMILES string of the molecule is O=C1NCC[C@](c2ccccc2)(C2CCCC2)O1. The molecule has 1 aromatic rings. The van der Waals surface area contributed by atoms with Gasteiger partial charge in [-0.1, -0.05) is 43.2 Å². The maximum atomic E-state index is 11.7. The lowest BCUT2D eigenvalue weighted by atomic mass is 9.77. The minimum Gasteiger partial charge on any atom is -0.438 e. The van der Waals surface area contributed by atoms with Gasteiger partial charge in [-0.15, -0.1) is 0 Å². The van der Waals surface area contributed by atoms with E-state index in [4.69, 9.17) is 4.74 Å². The summed E-state index contributed by atoms with van der Waals surface area (Å²) in [6.45, 7) is 0.713. The van der Waals surface area contributed by atoms with Gasteiger partial charge in [0.05, 0.1) is 0 Å². The molecule has 1 saturated heterocycles. The largest absolute Gasteiger partial charge is 0.438 e. The Morgan fingerprint density at radius 2 is 1.89 bits per heavy atom. The van der Waals surface area contributed by atoms with Gasteiger partial charge in [0.15, 0.2) is 0 Å². The molecule has 1 atom stereocenters. The minimum atomic E-state index is -0.389. The van der Waals surface area contributed by atoms with Crippen LogP contribution in [-0.2, 0) is 10.3 Å². The fourth-order valence-electron chi connectivity index (χ4n) is 3.44. The first kappa shape index (κ1) is 11.6. The van der Waals surface area contributed by atoms with Crippen molar-refractivity contribution in [2.24, 2.45) is 5.92 Å². The average molecular weight is 245 g/mol. The summed E-state index contributed by atoms with van der Waals surface area (Å²) in [6, 6.07) is 10.3. The normalized spacial score (nSPS) is 28.8. The Morgan fingerprint density at radius 1 is 1.17 bits per heavy atom. The zero-order valence-electron chi connectivity index (χ0n) is 10.5. The topological polar surface area (TPSA) is 38.3 Å². The van der Waals surface area contributed by atoms with Crippen molar-refractivity contribution in [3.63, 3.8) is 0 Å². The Labute approximate surface area is 108 Å². The van der Waals surface area contributed by atoms with Crippen molar-refractivity contribution >= 4 is 6.09 Å². The molecular formula is C15H19NO2. The van der Waals surface area contributed by atoms with Crippen molar-refractivity contribution in [1.82, 2.24) is 5.32 Å². The van der Waals surface area contributed by atoms with Crippen LogP contribution in [0.5, 0.6) is 0 Å². The Bertz CT molecular complexity index is 425. The van der Waals surface area contributed by atoms with Crippen molar-refractivity contribution in [2.75, 3.05) is 6.54 Å². The first-order valence-electron chi connectivity index (χ1n) is 6.84. The van der Waals surface area contributed by atoms with Gasteiger partial charge in [0.25, 0.3) is 0 Å². The maximum Gasteiger partial charge on any atom is 0.408 e. The van der Waals surface area contributed by atoms with Crippen LogP contribution in [0.2, 0.25) is 0 Å². The lowest BCUT2D eigenvalue weighted by Crippen LogP contribution is -2.49. The molecule has 2 fully saturated rings. The van der Waals surface area contributed by atoms with Crippen molar-refractivity contribution < 1.29 is 9.53 Å². The lowest BCUT2D eigenvalue weighted by Gasteiger charge is -2.42. The molecular weight excluding hydrogens is 226 g/mol. The number of carbonyl (C=O) groups is 1. The summed E-state index contributed by atoms with van der Waals surface area (Å²) in [5.74, 6) is 0.478. The predicted octanol–water partition coefficient (Wildman–Crippen LogP) is 3.20. The second kappa shape index (κ2) is 4.63. The van der Waals surface area contributed by atoms with Crippen LogP contribution in [0.15, 0.2) is 30.3 Å². The summed E-state index contributed by atoms with van der Waals surface area (Å²) in [7, 11) is 0. The summed E-state index contributed by atoms with van der Waals surface area (Å²) in [4.78, 5) is 11.7. The number of cyclic esters (lactones) is 1. The van der Waals surface area contributed by atoms with Crippen molar-refractivity contribution in [3.8, 4) is 0 Å². The summed E-state index contributed by atoms with van der Waals surface area (Å²) in [5.41, 5.74) is 0.770. The third kappa shape index (κ3) is 1.88. The smallest absolute Gasteiger partial charge is 0.408 e. The van der Waals surface area contributed by atoms with Gasteiger partial charge < -0.3 is 10.1 Å². The van der Waals surface area contributed by atoms with E-state index in [1.54, 1.807) is 0 Å². The molecule has 1 aliphatic carbocycles. The molecule has 1 aliphatic heterocycles. The van der Waals surface area contributed by atoms with Crippen LogP contribution >= 0.6 is 0 Å². The van der Waals surface area contributed by atoms with Gasteiger partial charge in [0.2, 0.25) is 0 Å². The summed E-state index contributed by atoms with van der Waals surface area (Å²) >= 11 is 0. The van der Waals surface area contributed by atoms with E-state index in [0.29, 0.717) is 12.5 Å². The van der Waals surface area contributed by atoms with Crippen molar-refractivity contribution in [3.05, 3.63) is 35.9 Å². The van der Waals surface area contributed by atoms with Crippen LogP contribution in [0.25, 0.3) is 0 Å². The van der Waals surface area contributed by atoms with Gasteiger partial charge in [-0.3, -0.25) is 0 Å². The van der Waals surface area contributed by atoms with Gasteiger partial charge in [0, 0.05) is 18.9 Å². The fraction of sp³-hybridized carbons (Fsp3) is 0.533. The third-order valence-corrected chi connectivity index (χ3v) is 4.32. The standard InChI is InChI=1S/C15H19NO2/c17-14-16-11-10-15(18-14,13-8-4-5-9-13)12-6-2-1-3-7-12/h1-3,6-7,13H,4-5,8-11H2,(H,16,17)/t15-/m0/s1. The molecule has 1 amide bonds. The zero-order chi connectivity index (χ0) is 12.4. The monoisotopic (exact) mass is 245 g/mol. The molecule has 0 bridgehead atoms. The number of amides is 1. The second-order valence-electron chi connectivity index (χ2n) is 5.30. The summed E-state index contributed by atoms with van der Waals surface area (Å²) in [6.07, 6.45) is 5.46. The van der Waals surface area contributed by atoms with Crippen LogP contribution < -0.4 is 5.32 Å². The van der Waals surface area contributed by atoms with Crippen LogP contribution in [0.4, 0.5) is 4.79 Å². The molecule has 1 N–H and O–H groups in total. The molecule has 18 heavy (non-hydrogen) atoms. The van der Waals surface area contributed by atoms with E-state index in [2.05, 4.69) is 17.4 Å². The van der Waals surface area contributed by atoms with Gasteiger partial charge in [-0.2, -0.15) is 0 Å². The number of rotatable bonds is 2. The number of hydrogen-bond acceptors (Lipinski definition) is 2. The molecule has 1 heterocycles. The van der Waals surface area contributed by atoms with Crippen LogP contribution in [0, 0.1) is 5.92 Å². The van der Waals surface area contributed by atoms with Gasteiger partial charge >= 0.3 is 6.09 Å². The van der Waals surface area contributed by atoms with Crippen LogP contribution in [0.1, 0.15) is 37.7 Å². The average Bonchev–Trinajstić information content (AvgIpc) is 2.94. The van der Waals surface area contributed by atoms with Crippen LogP contribution in [0.3, 0.4) is 0 Å². The quantitative estimate of drug-likeness (QED) is 0.869. The Hall–Kier alpha value is -1.51. The molecule has 3 nitrogen and oxygen atoms in total. The lowest BCUT2D eigenvalue weighted by molar-refractivity contribution is -0.0600. The maximum absolute atomic E-state index is 11.7. The molecule has 3 heteroatoms. The third-order valence-electron chi connectivity index (χ3n) is 4.32. The highest BCUT2D eigenvalue weighted by Gasteiger charge is 2.46. The Morgan fingerprint density at radius 3 is 2.56 bits per heavy atom. The van der Waals surface area contributed by atoms with E-state index in [9.17, 15) is 4.79 Å². The molecule has 1 saturated carbocycles. The highest BCUT2D eigenvalue weighted by atomic mass is 16.6. The molecule has 0 spiro atoms. The van der Waals surface area contributed by atoms with Gasteiger partial charge in [-0.25, -0.2) is 4.79 Å². The highest BCUT2D eigenvalue weighted by molar-refractivity contribution is 5.69. The summed E-state index contributed by atoms with van der Waals surface area (Å²) < 4.78 is 5.79. The number of nitrogens with one attached hydrogen (secondary N) is 1. The first-order chi connectivity index (χ1) is 8.81. The molecule has 0 radical (unpaired) electrons. The number of ether oxygens (including phenoxy) is 1. The van der Waals surface area contributed by atoms with Crippen molar-refractivity contribution in [1.29, 1.82) is 0 Å². The number of carbonyl (C=O) groups excluding carboxylic acids is 1. The molecule has 0 aromatic heterocycles. The van der Waals surface area contributed by atoms with E-state index in [-0.39, 0.29) is 11.7 Å². The van der Waals surface area contributed by atoms with Gasteiger partial charge in [0.1, 0.15) is 5.60 Å². The second-order valence-corrected chi connectivity index (χ2v) is 5.30. The predicted molar refractivity (Wildman–Crippen MR) is 69.2 cm³/mol. The van der Waals surface area contributed by atoms with E-state index in [0.717, 1.165) is 12.0 Å². The first-order valence-corrected chi connectivity index (χ1v) is 6.84. The zero-order valence-corrected chi connectivity index (χ0v) is 10.5. The molecule has 0 unspecified atom stereocenters. The van der Waals surface area contributed by atoms with E-state index >= 15 is 0 Å². The van der Waals surface area contributed by atoms with Crippen LogP contribution in [-0.4, -0.2) is 12.6 Å². The molecule has 3 rings (SSSR count). The van der Waals surface area contributed by atoms with Gasteiger partial charge in [-0.05, 0) is 18.4 Å². The number of alkyl carbamates (subject to hydrolysis) is 1. The summed E-state index contributed by atoms with van der Waals surface area (Å²) in [5, 5.41) is 2.77. The number of hydrogen-bond donors (Lipinski definition) is 1. The van der Waals surface area contributed by atoms with E-state index in [1.807, 2.05) is 18.2 Å². The number of benzene rings is 1. The highest BCUT2D eigenvalue weighted by Crippen LogP contribution is 2.46. The molecule has 2 aliphatic rings. The van der Waals surface area contributed by atoms with E-state index < -0.39 is 0 Å². The van der Waals surface area contributed by atoms with E-state index in [1.165, 1.54) is 25.7 Å². The molecule has 96 valence electrons. The minimum absolute atomic E-state index is 0.267.